The predicted octanol–water partition coefficient (Wildman–Crippen LogP) is 1.69. The van der Waals surface area contributed by atoms with Gasteiger partial charge < -0.3 is 0 Å². The molecule has 13 heavy (non-hydrogen) atoms. The molecule has 0 saturated heterocycles. The van der Waals surface area contributed by atoms with E-state index in [4.69, 9.17) is 5.26 Å². The Morgan fingerprint density at radius 1 is 1.62 bits per heavy atom. The summed E-state index contributed by atoms with van der Waals surface area (Å²) in [5.41, 5.74) is 0.646. The van der Waals surface area contributed by atoms with Crippen molar-refractivity contribution >= 4 is 11.9 Å². The number of fused-ring (bicyclic) bond motifs is 1. The highest BCUT2D eigenvalue weighted by molar-refractivity contribution is 5.70. The van der Waals surface area contributed by atoms with Crippen molar-refractivity contribution in [2.75, 3.05) is 11.4 Å². The topological polar surface area (TPSA) is 39.9 Å². The van der Waals surface area contributed by atoms with Gasteiger partial charge in [-0.25, -0.2) is 9.37 Å². The molecule has 1 aromatic rings. The summed E-state index contributed by atoms with van der Waals surface area (Å²) in [6.07, 6.45) is 4.86. The van der Waals surface area contributed by atoms with Gasteiger partial charge in [-0.3, -0.25) is 4.90 Å². The summed E-state index contributed by atoms with van der Waals surface area (Å²) >= 11 is 0. The van der Waals surface area contributed by atoms with Crippen LogP contribution in [0, 0.1) is 11.5 Å². The third-order valence-electron chi connectivity index (χ3n) is 1.81. The van der Waals surface area contributed by atoms with Crippen molar-refractivity contribution < 1.29 is 4.39 Å². The first-order valence-corrected chi connectivity index (χ1v) is 3.79. The number of anilines is 1. The van der Waals surface area contributed by atoms with Gasteiger partial charge in [0.2, 0.25) is 0 Å². The van der Waals surface area contributed by atoms with Crippen LogP contribution in [0.4, 0.5) is 10.2 Å². The molecule has 0 radical (unpaired) electrons. The molecule has 1 aliphatic rings. The smallest absolute Gasteiger partial charge is 0.185 e. The van der Waals surface area contributed by atoms with Crippen molar-refractivity contribution in [2.45, 2.75) is 0 Å². The molecule has 0 amide bonds. The van der Waals surface area contributed by atoms with Crippen molar-refractivity contribution in [2.24, 2.45) is 0 Å². The molecule has 0 N–H and O–H groups in total. The van der Waals surface area contributed by atoms with E-state index >= 15 is 0 Å². The Balaban J connectivity index is 2.56. The van der Waals surface area contributed by atoms with Crippen LogP contribution in [0.3, 0.4) is 0 Å². The van der Waals surface area contributed by atoms with E-state index in [2.05, 4.69) is 4.98 Å². The van der Waals surface area contributed by atoms with E-state index in [0.29, 0.717) is 11.4 Å². The maximum absolute atomic E-state index is 12.9. The lowest BCUT2D eigenvalue weighted by Gasteiger charge is -2.19. The summed E-state index contributed by atoms with van der Waals surface area (Å²) in [6, 6.07) is 3.44. The largest absolute Gasteiger partial charge is 0.256 e. The third kappa shape index (κ3) is 1.25. The molecule has 0 atom stereocenters. The van der Waals surface area contributed by atoms with Gasteiger partial charge in [-0.05, 0) is 18.2 Å². The van der Waals surface area contributed by atoms with Gasteiger partial charge in [-0.1, -0.05) is 0 Å². The average molecular weight is 175 g/mol. The van der Waals surface area contributed by atoms with E-state index in [9.17, 15) is 4.39 Å². The van der Waals surface area contributed by atoms with Crippen LogP contribution in [0.25, 0.3) is 6.08 Å². The van der Waals surface area contributed by atoms with Crippen LogP contribution >= 0.6 is 0 Å². The number of aromatic nitrogens is 1. The number of halogens is 1. The Bertz CT molecular complexity index is 406. The fourth-order valence-electron chi connectivity index (χ4n) is 1.27. The highest BCUT2D eigenvalue weighted by Gasteiger charge is 2.17. The molecule has 0 aliphatic carbocycles. The number of nitrogens with zero attached hydrogens (tertiary/aromatic N) is 3. The molecule has 0 aromatic carbocycles. The second-order valence-corrected chi connectivity index (χ2v) is 2.69. The normalized spacial score (nSPS) is 14.5. The number of pyridine rings is 1. The molecule has 1 aromatic heterocycles. The first-order valence-electron chi connectivity index (χ1n) is 3.79. The maximum Gasteiger partial charge on any atom is 0.185 e. The van der Waals surface area contributed by atoms with Gasteiger partial charge in [0, 0.05) is 11.8 Å². The number of hydrogen-bond donors (Lipinski definition) is 0. The zero-order chi connectivity index (χ0) is 9.26. The highest BCUT2D eigenvalue weighted by atomic mass is 19.1. The molecular weight excluding hydrogens is 169 g/mol. The fraction of sp³-hybridized carbons (Fsp3) is 0.111. The first kappa shape index (κ1) is 7.74. The first-order chi connectivity index (χ1) is 6.31. The van der Waals surface area contributed by atoms with Gasteiger partial charge in [0.05, 0.1) is 6.54 Å². The number of hydrogen-bond acceptors (Lipinski definition) is 3. The summed E-state index contributed by atoms with van der Waals surface area (Å²) < 4.78 is 12.9. The molecule has 4 heteroatoms. The molecule has 0 bridgehead atoms. The summed E-state index contributed by atoms with van der Waals surface area (Å²) in [6.45, 7) is -0.0134. The zero-order valence-electron chi connectivity index (χ0n) is 6.74. The van der Waals surface area contributed by atoms with Crippen molar-refractivity contribution in [3.05, 3.63) is 29.7 Å². The van der Waals surface area contributed by atoms with Crippen molar-refractivity contribution in [3.63, 3.8) is 0 Å². The Hall–Kier alpha value is -1.89. The summed E-state index contributed by atoms with van der Waals surface area (Å²) in [5, 5.41) is 8.70. The van der Waals surface area contributed by atoms with Crippen LogP contribution in [0.2, 0.25) is 0 Å². The van der Waals surface area contributed by atoms with Gasteiger partial charge in [-0.15, -0.1) is 0 Å². The summed E-state index contributed by atoms with van der Waals surface area (Å²) in [4.78, 5) is 5.22. The molecule has 2 rings (SSSR count). The molecule has 3 nitrogen and oxygen atoms in total. The minimum atomic E-state index is -0.318. The Morgan fingerprint density at radius 2 is 2.46 bits per heavy atom. The molecule has 0 saturated carbocycles. The number of nitriles is 1. The van der Waals surface area contributed by atoms with E-state index in [1.54, 1.807) is 18.3 Å². The number of rotatable bonds is 0. The van der Waals surface area contributed by atoms with E-state index < -0.39 is 0 Å². The SMILES string of the molecule is N#CN1CC(F)=Cc2cccnc21. The van der Waals surface area contributed by atoms with Gasteiger partial charge in [-0.2, -0.15) is 5.26 Å². The van der Waals surface area contributed by atoms with Crippen molar-refractivity contribution in [1.29, 1.82) is 5.26 Å². The molecule has 1 aliphatic heterocycles. The lowest BCUT2D eigenvalue weighted by atomic mass is 10.1. The summed E-state index contributed by atoms with van der Waals surface area (Å²) in [5.74, 6) is 0.202. The second-order valence-electron chi connectivity index (χ2n) is 2.69. The Kier molecular flexibility index (Phi) is 1.71. The highest BCUT2D eigenvalue weighted by Crippen LogP contribution is 2.25. The molecular formula is C9H6FN3. The summed E-state index contributed by atoms with van der Waals surface area (Å²) in [7, 11) is 0. The zero-order valence-corrected chi connectivity index (χ0v) is 6.74. The second kappa shape index (κ2) is 2.87. The molecule has 2 heterocycles. The van der Waals surface area contributed by atoms with Gasteiger partial charge in [0.1, 0.15) is 11.6 Å². The van der Waals surface area contributed by atoms with Crippen LogP contribution in [0.15, 0.2) is 24.2 Å². The monoisotopic (exact) mass is 175 g/mol. The van der Waals surface area contributed by atoms with E-state index in [1.807, 2.05) is 6.19 Å². The van der Waals surface area contributed by atoms with Gasteiger partial charge >= 0.3 is 0 Å². The lowest BCUT2D eigenvalue weighted by molar-refractivity contribution is 0.617. The lowest BCUT2D eigenvalue weighted by Crippen LogP contribution is -2.23. The molecule has 0 fully saturated rings. The van der Waals surface area contributed by atoms with Crippen LogP contribution in [-0.2, 0) is 0 Å². The molecule has 0 spiro atoms. The Labute approximate surface area is 74.7 Å². The van der Waals surface area contributed by atoms with Gasteiger partial charge in [0.25, 0.3) is 0 Å². The van der Waals surface area contributed by atoms with Crippen LogP contribution in [0.5, 0.6) is 0 Å². The third-order valence-corrected chi connectivity index (χ3v) is 1.81. The quantitative estimate of drug-likeness (QED) is 0.563. The standard InChI is InChI=1S/C9H6FN3/c10-8-4-7-2-1-3-12-9(7)13(5-8)6-11/h1-4H,5H2. The molecule has 0 unspecified atom stereocenters. The van der Waals surface area contributed by atoms with Crippen molar-refractivity contribution in [3.8, 4) is 6.19 Å². The predicted molar refractivity (Wildman–Crippen MR) is 46.3 cm³/mol. The van der Waals surface area contributed by atoms with Crippen LogP contribution in [-0.4, -0.2) is 11.5 Å². The Morgan fingerprint density at radius 3 is 3.23 bits per heavy atom. The fourth-order valence-corrected chi connectivity index (χ4v) is 1.27. The van der Waals surface area contributed by atoms with Gasteiger partial charge in [0.15, 0.2) is 6.19 Å². The minimum absolute atomic E-state index is 0.0134. The van der Waals surface area contributed by atoms with E-state index in [-0.39, 0.29) is 12.4 Å². The maximum atomic E-state index is 12.9. The average Bonchev–Trinajstić information content (AvgIpc) is 2.16. The van der Waals surface area contributed by atoms with E-state index in [1.165, 1.54) is 11.0 Å². The molecule has 64 valence electrons. The van der Waals surface area contributed by atoms with Crippen LogP contribution < -0.4 is 4.90 Å². The van der Waals surface area contributed by atoms with Crippen LogP contribution in [0.1, 0.15) is 5.56 Å². The minimum Gasteiger partial charge on any atom is -0.256 e. The van der Waals surface area contributed by atoms with E-state index in [0.717, 1.165) is 0 Å². The van der Waals surface area contributed by atoms with Crippen molar-refractivity contribution in [1.82, 2.24) is 4.98 Å².